The Kier molecular flexibility index (Phi) is 4.99. The molecule has 3 unspecified atom stereocenters. The van der Waals surface area contributed by atoms with Crippen LogP contribution in [0.25, 0.3) is 0 Å². The molecule has 0 bridgehead atoms. The Balaban J connectivity index is 1.99. The number of hydrogen-bond acceptors (Lipinski definition) is 3. The minimum atomic E-state index is -0.635. The van der Waals surface area contributed by atoms with E-state index in [0.29, 0.717) is 18.0 Å². The van der Waals surface area contributed by atoms with Crippen LogP contribution in [0.2, 0.25) is 0 Å². The van der Waals surface area contributed by atoms with Gasteiger partial charge in [0.2, 0.25) is 0 Å². The quantitative estimate of drug-likeness (QED) is 0.865. The Morgan fingerprint density at radius 3 is 2.84 bits per heavy atom. The molecule has 106 valence electrons. The molecule has 0 aromatic carbocycles. The van der Waals surface area contributed by atoms with Crippen molar-refractivity contribution in [1.29, 1.82) is 0 Å². The molecule has 1 saturated carbocycles. The highest BCUT2D eigenvalue weighted by Crippen LogP contribution is 2.30. The van der Waals surface area contributed by atoms with Gasteiger partial charge in [0.05, 0.1) is 5.92 Å². The molecule has 0 radical (unpaired) electrons. The van der Waals surface area contributed by atoms with Gasteiger partial charge in [0, 0.05) is 17.0 Å². The molecule has 1 fully saturated rings. The Hall–Kier alpha value is -0.870. The Bertz CT molecular complexity index is 402. The summed E-state index contributed by atoms with van der Waals surface area (Å²) in [6, 6.07) is 4.93. The largest absolute Gasteiger partial charge is 0.481 e. The van der Waals surface area contributed by atoms with Crippen LogP contribution in [0.3, 0.4) is 0 Å². The van der Waals surface area contributed by atoms with Gasteiger partial charge in [0.25, 0.3) is 0 Å². The maximum Gasteiger partial charge on any atom is 0.306 e. The van der Waals surface area contributed by atoms with Crippen LogP contribution in [0.15, 0.2) is 17.5 Å². The summed E-state index contributed by atoms with van der Waals surface area (Å²) in [5, 5.41) is 15.0. The summed E-state index contributed by atoms with van der Waals surface area (Å²) >= 11 is 1.78. The summed E-state index contributed by atoms with van der Waals surface area (Å²) in [5.41, 5.74) is 0. The van der Waals surface area contributed by atoms with E-state index in [2.05, 4.69) is 36.7 Å². The predicted molar refractivity (Wildman–Crippen MR) is 78.4 cm³/mol. The molecule has 0 spiro atoms. The van der Waals surface area contributed by atoms with Gasteiger partial charge in [0.15, 0.2) is 0 Å². The fraction of sp³-hybridized carbons (Fsp3) is 0.667. The molecule has 1 aromatic rings. The number of aliphatic carboxylic acids is 1. The summed E-state index contributed by atoms with van der Waals surface area (Å²) in [5.74, 6) is -0.282. The van der Waals surface area contributed by atoms with Crippen LogP contribution in [0.5, 0.6) is 0 Å². The van der Waals surface area contributed by atoms with Gasteiger partial charge in [-0.15, -0.1) is 11.3 Å². The lowest BCUT2D eigenvalue weighted by molar-refractivity contribution is -0.143. The second-order valence-electron chi connectivity index (χ2n) is 5.80. The van der Waals surface area contributed by atoms with Gasteiger partial charge in [0.1, 0.15) is 0 Å². The first kappa shape index (κ1) is 14.5. The zero-order valence-corrected chi connectivity index (χ0v) is 12.5. The monoisotopic (exact) mass is 281 g/mol. The van der Waals surface area contributed by atoms with Crippen molar-refractivity contribution in [2.75, 3.05) is 0 Å². The van der Waals surface area contributed by atoms with E-state index in [9.17, 15) is 4.79 Å². The molecule has 0 saturated heterocycles. The Morgan fingerprint density at radius 2 is 2.26 bits per heavy atom. The Morgan fingerprint density at radius 1 is 1.47 bits per heavy atom. The molecule has 4 heteroatoms. The van der Waals surface area contributed by atoms with Gasteiger partial charge in [-0.2, -0.15) is 0 Å². The Labute approximate surface area is 119 Å². The molecule has 0 aliphatic heterocycles. The molecule has 2 N–H and O–H groups in total. The standard InChI is InChI=1S/C15H23NO2S/c1-10(2)14(13-7-4-8-19-13)16-12-6-3-5-11(9-12)15(17)18/h4,7-8,10-12,14,16H,3,5-6,9H2,1-2H3,(H,17,18). The van der Waals surface area contributed by atoms with Crippen LogP contribution in [-0.2, 0) is 4.79 Å². The van der Waals surface area contributed by atoms with E-state index in [1.165, 1.54) is 4.88 Å². The van der Waals surface area contributed by atoms with Crippen molar-refractivity contribution in [3.8, 4) is 0 Å². The fourth-order valence-corrected chi connectivity index (χ4v) is 3.85. The van der Waals surface area contributed by atoms with Crippen molar-refractivity contribution in [2.45, 2.75) is 51.6 Å². The van der Waals surface area contributed by atoms with Gasteiger partial charge >= 0.3 is 5.97 Å². The first-order chi connectivity index (χ1) is 9.08. The van der Waals surface area contributed by atoms with Crippen LogP contribution in [0.4, 0.5) is 0 Å². The van der Waals surface area contributed by atoms with E-state index in [1.807, 2.05) is 0 Å². The molecule has 1 aliphatic carbocycles. The number of nitrogens with one attached hydrogen (secondary N) is 1. The van der Waals surface area contributed by atoms with Crippen LogP contribution in [0, 0.1) is 11.8 Å². The van der Waals surface area contributed by atoms with Crippen LogP contribution >= 0.6 is 11.3 Å². The third-order valence-corrected chi connectivity index (χ3v) is 4.91. The van der Waals surface area contributed by atoms with Gasteiger partial charge in [-0.3, -0.25) is 4.79 Å². The molecule has 1 aromatic heterocycles. The summed E-state index contributed by atoms with van der Waals surface area (Å²) in [7, 11) is 0. The summed E-state index contributed by atoms with van der Waals surface area (Å²) < 4.78 is 0. The lowest BCUT2D eigenvalue weighted by atomic mass is 9.85. The summed E-state index contributed by atoms with van der Waals surface area (Å²) in [6.45, 7) is 4.43. The fourth-order valence-electron chi connectivity index (χ4n) is 2.89. The van der Waals surface area contributed by atoms with Crippen molar-refractivity contribution in [1.82, 2.24) is 5.32 Å². The maximum atomic E-state index is 11.1. The highest BCUT2D eigenvalue weighted by atomic mass is 32.1. The average molecular weight is 281 g/mol. The molecule has 0 amide bonds. The van der Waals surface area contributed by atoms with Crippen LogP contribution in [-0.4, -0.2) is 17.1 Å². The van der Waals surface area contributed by atoms with Crippen LogP contribution in [0.1, 0.15) is 50.4 Å². The van der Waals surface area contributed by atoms with E-state index >= 15 is 0 Å². The number of rotatable bonds is 5. The molecular formula is C15H23NO2S. The normalized spacial score (nSPS) is 25.4. The van der Waals surface area contributed by atoms with Crippen molar-refractivity contribution >= 4 is 17.3 Å². The summed E-state index contributed by atoms with van der Waals surface area (Å²) in [4.78, 5) is 12.5. The second-order valence-corrected chi connectivity index (χ2v) is 6.78. The number of carbonyl (C=O) groups is 1. The van der Waals surface area contributed by atoms with E-state index in [1.54, 1.807) is 11.3 Å². The number of hydrogen-bond donors (Lipinski definition) is 2. The molecule has 1 heterocycles. The van der Waals surface area contributed by atoms with Crippen molar-refractivity contribution < 1.29 is 9.90 Å². The molecular weight excluding hydrogens is 258 g/mol. The number of carboxylic acids is 1. The second kappa shape index (κ2) is 6.53. The van der Waals surface area contributed by atoms with Crippen molar-refractivity contribution in [3.05, 3.63) is 22.4 Å². The number of thiophene rings is 1. The van der Waals surface area contributed by atoms with E-state index in [-0.39, 0.29) is 5.92 Å². The zero-order valence-electron chi connectivity index (χ0n) is 11.6. The minimum absolute atomic E-state index is 0.164. The first-order valence-electron chi connectivity index (χ1n) is 7.10. The lowest BCUT2D eigenvalue weighted by Crippen LogP contribution is -2.39. The molecule has 3 nitrogen and oxygen atoms in total. The van der Waals surface area contributed by atoms with Gasteiger partial charge < -0.3 is 10.4 Å². The molecule has 2 rings (SSSR count). The van der Waals surface area contributed by atoms with Crippen molar-refractivity contribution in [3.63, 3.8) is 0 Å². The molecule has 1 aliphatic rings. The van der Waals surface area contributed by atoms with Crippen molar-refractivity contribution in [2.24, 2.45) is 11.8 Å². The predicted octanol–water partition coefficient (Wildman–Crippen LogP) is 3.68. The number of carboxylic acid groups (broad SMARTS) is 1. The van der Waals surface area contributed by atoms with E-state index in [0.717, 1.165) is 25.7 Å². The van der Waals surface area contributed by atoms with E-state index < -0.39 is 5.97 Å². The highest BCUT2D eigenvalue weighted by Gasteiger charge is 2.29. The average Bonchev–Trinajstić information content (AvgIpc) is 2.89. The van der Waals surface area contributed by atoms with Gasteiger partial charge in [-0.1, -0.05) is 26.3 Å². The SMILES string of the molecule is CC(C)C(NC1CCCC(C(=O)O)C1)c1cccs1. The smallest absolute Gasteiger partial charge is 0.306 e. The lowest BCUT2D eigenvalue weighted by Gasteiger charge is -2.32. The molecule has 19 heavy (non-hydrogen) atoms. The third-order valence-electron chi connectivity index (χ3n) is 3.96. The highest BCUT2D eigenvalue weighted by molar-refractivity contribution is 7.10. The molecule has 3 atom stereocenters. The third kappa shape index (κ3) is 3.80. The first-order valence-corrected chi connectivity index (χ1v) is 7.98. The van der Waals surface area contributed by atoms with Gasteiger partial charge in [-0.25, -0.2) is 0 Å². The van der Waals surface area contributed by atoms with E-state index in [4.69, 9.17) is 5.11 Å². The van der Waals surface area contributed by atoms with Crippen LogP contribution < -0.4 is 5.32 Å². The van der Waals surface area contributed by atoms with Gasteiger partial charge in [-0.05, 0) is 36.6 Å². The maximum absolute atomic E-state index is 11.1. The summed E-state index contributed by atoms with van der Waals surface area (Å²) in [6.07, 6.45) is 3.71. The zero-order chi connectivity index (χ0) is 13.8. The topological polar surface area (TPSA) is 49.3 Å². The minimum Gasteiger partial charge on any atom is -0.481 e.